The minimum Gasteiger partial charge on any atom is -0.225 e. The van der Waals surface area contributed by atoms with Gasteiger partial charge in [0.25, 0.3) is 5.67 Å². The fourth-order valence-electron chi connectivity index (χ4n) is 0.574. The first kappa shape index (κ1) is 13.2. The van der Waals surface area contributed by atoms with Crippen molar-refractivity contribution in [3.8, 4) is 0 Å². The molecule has 0 aromatic carbocycles. The highest BCUT2D eigenvalue weighted by Gasteiger charge is 2.70. The molecule has 0 rings (SSSR count). The molecule has 0 bridgehead atoms. The summed E-state index contributed by atoms with van der Waals surface area (Å²) >= 11 is 8.78. The normalized spacial score (nSPS) is 18.5. The summed E-state index contributed by atoms with van der Waals surface area (Å²) in [6.07, 6.45) is -7.33. The third-order valence-corrected chi connectivity index (χ3v) is 1.83. The Balaban J connectivity index is 4.96. The molecule has 8 heteroatoms. The van der Waals surface area contributed by atoms with Gasteiger partial charge in [-0.15, -0.1) is 11.6 Å². The molecule has 0 spiro atoms. The van der Waals surface area contributed by atoms with Gasteiger partial charge in [-0.05, 0) is 11.6 Å². The lowest BCUT2D eigenvalue weighted by Crippen LogP contribution is -2.52. The largest absolute Gasteiger partial charge is 0.429 e. The van der Waals surface area contributed by atoms with Crippen LogP contribution in [-0.4, -0.2) is 23.1 Å². The molecule has 0 heterocycles. The quantitative estimate of drug-likeness (QED) is 0.528. The lowest BCUT2D eigenvalue weighted by atomic mass is 10.0. The van der Waals surface area contributed by atoms with E-state index in [9.17, 15) is 26.3 Å². The number of alkyl halides is 8. The number of hydrogen-bond acceptors (Lipinski definition) is 0. The Morgan fingerprint density at radius 2 is 1.31 bits per heavy atom. The van der Waals surface area contributed by atoms with Crippen molar-refractivity contribution in [3.05, 3.63) is 0 Å². The van der Waals surface area contributed by atoms with Crippen molar-refractivity contribution in [3.63, 3.8) is 0 Å². The SMILES string of the molecule is FC(F)(F)C(F)(CCCl)C(F)(F)Cl. The van der Waals surface area contributed by atoms with E-state index in [1.807, 2.05) is 0 Å². The van der Waals surface area contributed by atoms with Crippen LogP contribution in [0.4, 0.5) is 26.3 Å². The molecule has 0 saturated heterocycles. The summed E-state index contributed by atoms with van der Waals surface area (Å²) in [4.78, 5) is 0. The maximum absolute atomic E-state index is 12.7. The van der Waals surface area contributed by atoms with Crippen LogP contribution in [0, 0.1) is 0 Å². The van der Waals surface area contributed by atoms with Gasteiger partial charge in [-0.3, -0.25) is 0 Å². The Labute approximate surface area is 79.8 Å². The molecular weight excluding hydrogens is 245 g/mol. The van der Waals surface area contributed by atoms with Gasteiger partial charge < -0.3 is 0 Å². The maximum atomic E-state index is 12.7. The number of rotatable bonds is 3. The minimum atomic E-state index is -5.74. The van der Waals surface area contributed by atoms with E-state index >= 15 is 0 Å². The fraction of sp³-hybridized carbons (Fsp3) is 1.00. The van der Waals surface area contributed by atoms with Crippen LogP contribution in [0.3, 0.4) is 0 Å². The van der Waals surface area contributed by atoms with E-state index in [2.05, 4.69) is 11.6 Å². The van der Waals surface area contributed by atoms with Gasteiger partial charge in [0, 0.05) is 12.3 Å². The summed E-state index contributed by atoms with van der Waals surface area (Å²) in [5, 5.41) is -5.01. The smallest absolute Gasteiger partial charge is 0.225 e. The van der Waals surface area contributed by atoms with Crippen LogP contribution in [0.2, 0.25) is 0 Å². The highest BCUT2D eigenvalue weighted by Crippen LogP contribution is 2.49. The third kappa shape index (κ3) is 2.56. The number of halogens is 8. The standard InChI is InChI=1S/C5H4Cl2F6/c6-2-1-3(8,4(7,9)10)5(11,12)13/h1-2H2. The molecular formula is C5H4Cl2F6. The Kier molecular flexibility index (Phi) is 3.77. The van der Waals surface area contributed by atoms with Gasteiger partial charge in [0.15, 0.2) is 0 Å². The van der Waals surface area contributed by atoms with Crippen LogP contribution in [0.15, 0.2) is 0 Å². The van der Waals surface area contributed by atoms with Gasteiger partial charge in [0.1, 0.15) is 0 Å². The Bertz CT molecular complexity index is 157. The maximum Gasteiger partial charge on any atom is 0.429 e. The summed E-state index contributed by atoms with van der Waals surface area (Å²) in [6.45, 7) is 0. The average molecular weight is 249 g/mol. The van der Waals surface area contributed by atoms with Crippen molar-refractivity contribution in [2.75, 3.05) is 5.88 Å². The Morgan fingerprint density at radius 1 is 0.923 bits per heavy atom. The molecule has 0 aliphatic heterocycles. The van der Waals surface area contributed by atoms with Crippen LogP contribution in [0.25, 0.3) is 0 Å². The molecule has 0 nitrogen and oxygen atoms in total. The molecule has 0 aromatic heterocycles. The molecule has 1 unspecified atom stereocenters. The molecule has 0 saturated carbocycles. The topological polar surface area (TPSA) is 0 Å². The molecule has 0 amide bonds. The van der Waals surface area contributed by atoms with E-state index in [4.69, 9.17) is 11.6 Å². The van der Waals surface area contributed by atoms with Gasteiger partial charge in [0.05, 0.1) is 0 Å². The van der Waals surface area contributed by atoms with Crippen molar-refractivity contribution in [1.82, 2.24) is 0 Å². The molecule has 0 radical (unpaired) electrons. The third-order valence-electron chi connectivity index (χ3n) is 1.34. The van der Waals surface area contributed by atoms with Gasteiger partial charge in [-0.25, -0.2) is 4.39 Å². The fourth-order valence-corrected chi connectivity index (χ4v) is 1.04. The first-order valence-electron chi connectivity index (χ1n) is 2.94. The van der Waals surface area contributed by atoms with Crippen molar-refractivity contribution in [2.45, 2.75) is 23.6 Å². The molecule has 0 aliphatic rings. The van der Waals surface area contributed by atoms with Crippen LogP contribution in [0.5, 0.6) is 0 Å². The zero-order valence-electron chi connectivity index (χ0n) is 5.94. The number of hydrogen-bond donors (Lipinski definition) is 0. The molecule has 0 N–H and O–H groups in total. The first-order valence-corrected chi connectivity index (χ1v) is 3.86. The molecule has 0 aromatic rings. The van der Waals surface area contributed by atoms with Gasteiger partial charge in [0.2, 0.25) is 0 Å². The summed E-state index contributed by atoms with van der Waals surface area (Å²) in [6, 6.07) is 0. The van der Waals surface area contributed by atoms with Crippen LogP contribution >= 0.6 is 23.2 Å². The minimum absolute atomic E-state index is 0.904. The van der Waals surface area contributed by atoms with Gasteiger partial charge >= 0.3 is 11.6 Å². The van der Waals surface area contributed by atoms with E-state index in [1.165, 1.54) is 0 Å². The van der Waals surface area contributed by atoms with E-state index in [-0.39, 0.29) is 0 Å². The second-order valence-electron chi connectivity index (χ2n) is 2.24. The lowest BCUT2D eigenvalue weighted by molar-refractivity contribution is -0.280. The van der Waals surface area contributed by atoms with Gasteiger partial charge in [-0.1, -0.05) is 0 Å². The van der Waals surface area contributed by atoms with Crippen molar-refractivity contribution < 1.29 is 26.3 Å². The highest BCUT2D eigenvalue weighted by atomic mass is 35.5. The van der Waals surface area contributed by atoms with E-state index in [0.717, 1.165) is 0 Å². The van der Waals surface area contributed by atoms with Crippen LogP contribution < -0.4 is 0 Å². The molecule has 0 fully saturated rings. The van der Waals surface area contributed by atoms with Crippen molar-refractivity contribution in [1.29, 1.82) is 0 Å². The van der Waals surface area contributed by atoms with Crippen LogP contribution in [-0.2, 0) is 0 Å². The average Bonchev–Trinajstić information content (AvgIpc) is 1.82. The summed E-state index contributed by atoms with van der Waals surface area (Å²) in [5.74, 6) is -0.904. The lowest BCUT2D eigenvalue weighted by Gasteiger charge is -2.30. The van der Waals surface area contributed by atoms with E-state index in [1.54, 1.807) is 0 Å². The Hall–Kier alpha value is 0.160. The van der Waals surface area contributed by atoms with E-state index in [0.29, 0.717) is 0 Å². The molecule has 1 atom stereocenters. The first-order chi connectivity index (χ1) is 5.56. The van der Waals surface area contributed by atoms with Crippen molar-refractivity contribution in [2.24, 2.45) is 0 Å². The summed E-state index contributed by atoms with van der Waals surface area (Å²) in [7, 11) is 0. The molecule has 13 heavy (non-hydrogen) atoms. The second-order valence-corrected chi connectivity index (χ2v) is 3.09. The monoisotopic (exact) mass is 248 g/mol. The molecule has 0 aliphatic carbocycles. The van der Waals surface area contributed by atoms with Gasteiger partial charge in [-0.2, -0.15) is 22.0 Å². The Morgan fingerprint density at radius 3 is 1.38 bits per heavy atom. The summed E-state index contributed by atoms with van der Waals surface area (Å²) < 4.78 is 72.2. The highest BCUT2D eigenvalue weighted by molar-refractivity contribution is 6.22. The zero-order chi connectivity index (χ0) is 10.9. The van der Waals surface area contributed by atoms with Crippen molar-refractivity contribution >= 4 is 23.2 Å². The van der Waals surface area contributed by atoms with E-state index < -0.39 is 29.5 Å². The predicted molar refractivity (Wildman–Crippen MR) is 36.0 cm³/mol. The van der Waals surface area contributed by atoms with Crippen LogP contribution in [0.1, 0.15) is 6.42 Å². The summed E-state index contributed by atoms with van der Waals surface area (Å²) in [5.41, 5.74) is -4.77. The predicted octanol–water partition coefficient (Wildman–Crippen LogP) is 3.72. The second kappa shape index (κ2) is 3.73. The zero-order valence-corrected chi connectivity index (χ0v) is 7.45. The molecule has 80 valence electrons.